The van der Waals surface area contributed by atoms with Gasteiger partial charge in [-0.3, -0.25) is 4.79 Å². The van der Waals surface area contributed by atoms with Crippen molar-refractivity contribution < 1.29 is 14.3 Å². The SMILES string of the molecule is CC1=C(C(=O)N2CCN(c3cccc(Cl)c3)CC2)C2(CCCCC2)OC1=O. The van der Waals surface area contributed by atoms with Crippen LogP contribution < -0.4 is 4.90 Å². The summed E-state index contributed by atoms with van der Waals surface area (Å²) in [6, 6.07) is 7.79. The minimum absolute atomic E-state index is 0.0222. The Labute approximate surface area is 164 Å². The summed E-state index contributed by atoms with van der Waals surface area (Å²) < 4.78 is 5.74. The summed E-state index contributed by atoms with van der Waals surface area (Å²) in [6.45, 7) is 4.50. The quantitative estimate of drug-likeness (QED) is 0.727. The molecule has 4 rings (SSSR count). The second kappa shape index (κ2) is 7.19. The lowest BCUT2D eigenvalue weighted by molar-refractivity contribution is -0.150. The highest BCUT2D eigenvalue weighted by Gasteiger charge is 2.50. The first-order chi connectivity index (χ1) is 13.0. The van der Waals surface area contributed by atoms with Crippen LogP contribution in [0.5, 0.6) is 0 Å². The Balaban J connectivity index is 1.49. The molecule has 1 saturated heterocycles. The zero-order valence-electron chi connectivity index (χ0n) is 15.7. The summed E-state index contributed by atoms with van der Waals surface area (Å²) in [5.74, 6) is -0.344. The van der Waals surface area contributed by atoms with Gasteiger partial charge in [0.2, 0.25) is 0 Å². The molecule has 2 fully saturated rings. The Kier molecular flexibility index (Phi) is 4.89. The maximum Gasteiger partial charge on any atom is 0.335 e. The van der Waals surface area contributed by atoms with Crippen molar-refractivity contribution in [2.75, 3.05) is 31.1 Å². The van der Waals surface area contributed by atoms with Crippen LogP contribution in [0, 0.1) is 0 Å². The Morgan fingerprint density at radius 1 is 1.11 bits per heavy atom. The maximum absolute atomic E-state index is 13.3. The van der Waals surface area contributed by atoms with Gasteiger partial charge in [-0.2, -0.15) is 0 Å². The molecule has 1 aromatic rings. The molecule has 2 aliphatic heterocycles. The number of benzene rings is 1. The summed E-state index contributed by atoms with van der Waals surface area (Å²) in [4.78, 5) is 29.7. The van der Waals surface area contributed by atoms with Crippen LogP contribution in [0.25, 0.3) is 0 Å². The molecule has 0 radical (unpaired) electrons. The molecule has 2 heterocycles. The van der Waals surface area contributed by atoms with E-state index in [4.69, 9.17) is 16.3 Å². The van der Waals surface area contributed by atoms with E-state index in [-0.39, 0.29) is 11.9 Å². The van der Waals surface area contributed by atoms with E-state index in [0.29, 0.717) is 29.3 Å². The molecule has 0 aromatic heterocycles. The second-order valence-electron chi connectivity index (χ2n) is 7.70. The molecule has 1 aromatic carbocycles. The van der Waals surface area contributed by atoms with Gasteiger partial charge < -0.3 is 14.5 Å². The van der Waals surface area contributed by atoms with Gasteiger partial charge in [-0.05, 0) is 50.8 Å². The van der Waals surface area contributed by atoms with Crippen LogP contribution in [-0.2, 0) is 14.3 Å². The van der Waals surface area contributed by atoms with E-state index in [1.807, 2.05) is 29.2 Å². The third kappa shape index (κ3) is 3.33. The van der Waals surface area contributed by atoms with Crippen LogP contribution in [0.3, 0.4) is 0 Å². The average molecular weight is 389 g/mol. The first kappa shape index (κ1) is 18.4. The number of anilines is 1. The van der Waals surface area contributed by atoms with Crippen LogP contribution in [0.2, 0.25) is 5.02 Å². The lowest BCUT2D eigenvalue weighted by atomic mass is 9.78. The average Bonchev–Trinajstić information content (AvgIpc) is 2.91. The number of hydrogen-bond donors (Lipinski definition) is 0. The highest BCUT2D eigenvalue weighted by Crippen LogP contribution is 2.44. The van der Waals surface area contributed by atoms with E-state index in [1.165, 1.54) is 0 Å². The predicted molar refractivity (Wildman–Crippen MR) is 105 cm³/mol. The first-order valence-corrected chi connectivity index (χ1v) is 10.1. The zero-order valence-corrected chi connectivity index (χ0v) is 16.4. The van der Waals surface area contributed by atoms with Gasteiger partial charge in [0.25, 0.3) is 5.91 Å². The Bertz CT molecular complexity index is 790. The molecule has 0 bridgehead atoms. The van der Waals surface area contributed by atoms with Crippen LogP contribution in [0.15, 0.2) is 35.4 Å². The number of ether oxygens (including phenoxy) is 1. The normalized spacial score (nSPS) is 22.4. The van der Waals surface area contributed by atoms with Crippen LogP contribution in [-0.4, -0.2) is 48.6 Å². The minimum Gasteiger partial charge on any atom is -0.451 e. The van der Waals surface area contributed by atoms with Crippen molar-refractivity contribution in [1.82, 2.24) is 4.90 Å². The fraction of sp³-hybridized carbons (Fsp3) is 0.524. The molecule has 0 atom stereocenters. The molecule has 1 amide bonds. The number of amides is 1. The molecular formula is C21H25ClN2O3. The molecule has 5 nitrogen and oxygen atoms in total. The van der Waals surface area contributed by atoms with Gasteiger partial charge in [-0.25, -0.2) is 4.79 Å². The van der Waals surface area contributed by atoms with Crippen LogP contribution >= 0.6 is 11.6 Å². The smallest absolute Gasteiger partial charge is 0.335 e. The number of carbonyl (C=O) groups excluding carboxylic acids is 2. The summed E-state index contributed by atoms with van der Waals surface area (Å²) >= 11 is 6.10. The number of piperazine rings is 1. The van der Waals surface area contributed by atoms with Gasteiger partial charge in [-0.1, -0.05) is 24.1 Å². The van der Waals surface area contributed by atoms with Crippen molar-refractivity contribution in [3.8, 4) is 0 Å². The van der Waals surface area contributed by atoms with Gasteiger partial charge in [0.15, 0.2) is 0 Å². The molecular weight excluding hydrogens is 364 g/mol. The lowest BCUT2D eigenvalue weighted by Crippen LogP contribution is -2.51. The zero-order chi connectivity index (χ0) is 19.0. The van der Waals surface area contributed by atoms with Crippen molar-refractivity contribution in [3.05, 3.63) is 40.4 Å². The van der Waals surface area contributed by atoms with Crippen LogP contribution in [0.4, 0.5) is 5.69 Å². The van der Waals surface area contributed by atoms with Gasteiger partial charge in [0.05, 0.1) is 5.57 Å². The van der Waals surface area contributed by atoms with E-state index in [0.717, 1.165) is 50.9 Å². The van der Waals surface area contributed by atoms with E-state index in [1.54, 1.807) is 6.92 Å². The number of nitrogens with zero attached hydrogens (tertiary/aromatic N) is 2. The number of rotatable bonds is 2. The molecule has 6 heteroatoms. The molecule has 27 heavy (non-hydrogen) atoms. The highest BCUT2D eigenvalue weighted by molar-refractivity contribution is 6.30. The predicted octanol–water partition coefficient (Wildman–Crippen LogP) is 3.56. The van der Waals surface area contributed by atoms with Crippen molar-refractivity contribution >= 4 is 29.2 Å². The standard InChI is InChI=1S/C21H25ClN2O3/c1-15-18(21(27-20(15)26)8-3-2-4-9-21)19(25)24-12-10-23(11-13-24)17-7-5-6-16(22)14-17/h5-7,14H,2-4,8-13H2,1H3. The van der Waals surface area contributed by atoms with E-state index >= 15 is 0 Å². The summed E-state index contributed by atoms with van der Waals surface area (Å²) in [5.41, 5.74) is 1.51. The summed E-state index contributed by atoms with van der Waals surface area (Å²) in [5, 5.41) is 0.715. The third-order valence-corrected chi connectivity index (χ3v) is 6.28. The third-order valence-electron chi connectivity index (χ3n) is 6.04. The number of hydrogen-bond acceptors (Lipinski definition) is 4. The summed E-state index contributed by atoms with van der Waals surface area (Å²) in [6.07, 6.45) is 4.66. The fourth-order valence-electron chi connectivity index (χ4n) is 4.58. The highest BCUT2D eigenvalue weighted by atomic mass is 35.5. The van der Waals surface area contributed by atoms with Crippen molar-refractivity contribution in [2.24, 2.45) is 0 Å². The van der Waals surface area contributed by atoms with E-state index < -0.39 is 5.60 Å². The maximum atomic E-state index is 13.3. The molecule has 1 spiro atoms. The Morgan fingerprint density at radius 2 is 1.81 bits per heavy atom. The molecule has 1 saturated carbocycles. The van der Waals surface area contributed by atoms with Gasteiger partial charge in [0.1, 0.15) is 5.60 Å². The van der Waals surface area contributed by atoms with E-state index in [9.17, 15) is 9.59 Å². The second-order valence-corrected chi connectivity index (χ2v) is 8.14. The molecule has 144 valence electrons. The lowest BCUT2D eigenvalue weighted by Gasteiger charge is -2.39. The van der Waals surface area contributed by atoms with Crippen molar-refractivity contribution in [3.63, 3.8) is 0 Å². The topological polar surface area (TPSA) is 49.9 Å². The van der Waals surface area contributed by atoms with Gasteiger partial charge in [0, 0.05) is 42.5 Å². The van der Waals surface area contributed by atoms with Gasteiger partial charge >= 0.3 is 5.97 Å². The number of carbonyl (C=O) groups is 2. The number of esters is 1. The molecule has 0 N–H and O–H groups in total. The molecule has 3 aliphatic rings. The number of halogens is 1. The fourth-order valence-corrected chi connectivity index (χ4v) is 4.76. The minimum atomic E-state index is -0.680. The first-order valence-electron chi connectivity index (χ1n) is 9.75. The molecule has 1 aliphatic carbocycles. The van der Waals surface area contributed by atoms with E-state index in [2.05, 4.69) is 4.90 Å². The van der Waals surface area contributed by atoms with Crippen LogP contribution in [0.1, 0.15) is 39.0 Å². The summed E-state index contributed by atoms with van der Waals surface area (Å²) in [7, 11) is 0. The van der Waals surface area contributed by atoms with Gasteiger partial charge in [-0.15, -0.1) is 0 Å². The van der Waals surface area contributed by atoms with Crippen molar-refractivity contribution in [2.45, 2.75) is 44.6 Å². The largest absolute Gasteiger partial charge is 0.451 e. The molecule has 0 unspecified atom stereocenters. The van der Waals surface area contributed by atoms with Crippen molar-refractivity contribution in [1.29, 1.82) is 0 Å². The Morgan fingerprint density at radius 3 is 2.48 bits per heavy atom. The Hall–Kier alpha value is -2.01. The monoisotopic (exact) mass is 388 g/mol.